The van der Waals surface area contributed by atoms with Gasteiger partial charge in [0.05, 0.1) is 32.6 Å². The molecule has 1 atom stereocenters. The molecule has 0 spiro atoms. The van der Waals surface area contributed by atoms with E-state index in [0.29, 0.717) is 23.7 Å². The molecule has 3 aromatic rings. The molecule has 1 N–H and O–H groups in total. The van der Waals surface area contributed by atoms with E-state index in [-0.39, 0.29) is 11.3 Å². The Morgan fingerprint density at radius 2 is 1.58 bits per heavy atom. The van der Waals surface area contributed by atoms with Gasteiger partial charge in [-0.2, -0.15) is 0 Å². The summed E-state index contributed by atoms with van der Waals surface area (Å²) in [5.41, 5.74) is 0.393. The van der Waals surface area contributed by atoms with E-state index in [1.165, 1.54) is 33.5 Å². The summed E-state index contributed by atoms with van der Waals surface area (Å²) in [4.78, 5) is 25.2. The second-order valence-electron chi connectivity index (χ2n) is 6.76. The first-order valence-corrected chi connectivity index (χ1v) is 9.81. The van der Waals surface area contributed by atoms with E-state index in [1.54, 1.807) is 0 Å². The minimum Gasteiger partial charge on any atom is -0.493 e. The van der Waals surface area contributed by atoms with Gasteiger partial charge in [0, 0.05) is 12.1 Å². The molecular formula is C24H25NO6. The van der Waals surface area contributed by atoms with Crippen LogP contribution in [0.4, 0.5) is 5.69 Å². The molecule has 0 aliphatic rings. The van der Waals surface area contributed by atoms with Crippen LogP contribution in [0.5, 0.6) is 17.2 Å². The number of carbonyl (C=O) groups is 2. The minimum atomic E-state index is -0.764. The van der Waals surface area contributed by atoms with E-state index in [0.717, 1.165) is 10.8 Å². The highest BCUT2D eigenvalue weighted by Crippen LogP contribution is 2.34. The molecular weight excluding hydrogens is 398 g/mol. The van der Waals surface area contributed by atoms with Crippen molar-refractivity contribution >= 4 is 28.3 Å². The summed E-state index contributed by atoms with van der Waals surface area (Å²) in [6.45, 7) is 1.85. The van der Waals surface area contributed by atoms with E-state index < -0.39 is 18.0 Å². The first kappa shape index (κ1) is 22.0. The Hall–Kier alpha value is -3.74. The Balaban J connectivity index is 1.86. The van der Waals surface area contributed by atoms with E-state index in [9.17, 15) is 9.59 Å². The smallest absolute Gasteiger partial charge is 0.340 e. The number of esters is 1. The Labute approximate surface area is 180 Å². The van der Waals surface area contributed by atoms with Crippen molar-refractivity contribution < 1.29 is 28.5 Å². The average Bonchev–Trinajstić information content (AvgIpc) is 2.81. The van der Waals surface area contributed by atoms with Crippen LogP contribution in [0.25, 0.3) is 10.8 Å². The van der Waals surface area contributed by atoms with E-state index in [2.05, 4.69) is 5.32 Å². The van der Waals surface area contributed by atoms with Gasteiger partial charge in [0.15, 0.2) is 17.6 Å². The highest BCUT2D eigenvalue weighted by atomic mass is 16.5. The maximum atomic E-state index is 13.0. The predicted octanol–water partition coefficient (Wildman–Crippen LogP) is 4.44. The largest absolute Gasteiger partial charge is 0.493 e. The van der Waals surface area contributed by atoms with Gasteiger partial charge >= 0.3 is 5.97 Å². The molecule has 0 radical (unpaired) electrons. The number of nitrogens with one attached hydrogen (secondary N) is 1. The maximum absolute atomic E-state index is 13.0. The molecule has 0 aliphatic carbocycles. The lowest BCUT2D eigenvalue weighted by molar-refractivity contribution is -0.122. The topological polar surface area (TPSA) is 83.1 Å². The normalized spacial score (nSPS) is 11.5. The number of hydrogen-bond acceptors (Lipinski definition) is 6. The summed E-state index contributed by atoms with van der Waals surface area (Å²) >= 11 is 0. The fourth-order valence-corrected chi connectivity index (χ4v) is 3.20. The molecule has 3 aromatic carbocycles. The van der Waals surface area contributed by atoms with Crippen molar-refractivity contribution in [1.29, 1.82) is 0 Å². The van der Waals surface area contributed by atoms with Crippen molar-refractivity contribution in [1.82, 2.24) is 0 Å². The molecule has 162 valence electrons. The SMILES string of the molecule is CCC(Oc1ccc2ccccc2c1)C(=O)Nc1cc(OC)c(OC)cc1C(=O)OC. The van der Waals surface area contributed by atoms with Gasteiger partial charge < -0.3 is 24.3 Å². The van der Waals surface area contributed by atoms with Crippen LogP contribution >= 0.6 is 0 Å². The van der Waals surface area contributed by atoms with Crippen LogP contribution in [0.3, 0.4) is 0 Å². The van der Waals surface area contributed by atoms with Gasteiger partial charge in [-0.25, -0.2) is 4.79 Å². The zero-order valence-electron chi connectivity index (χ0n) is 17.9. The zero-order chi connectivity index (χ0) is 22.4. The molecule has 0 fully saturated rings. The molecule has 0 saturated heterocycles. The highest BCUT2D eigenvalue weighted by Gasteiger charge is 2.23. The molecule has 31 heavy (non-hydrogen) atoms. The van der Waals surface area contributed by atoms with Crippen molar-refractivity contribution in [2.45, 2.75) is 19.4 Å². The average molecular weight is 423 g/mol. The molecule has 0 heterocycles. The summed E-state index contributed by atoms with van der Waals surface area (Å²) in [5, 5.41) is 4.86. The number of ether oxygens (including phenoxy) is 4. The summed E-state index contributed by atoms with van der Waals surface area (Å²) in [6.07, 6.45) is -0.334. The summed E-state index contributed by atoms with van der Waals surface area (Å²) in [5.74, 6) is 0.295. The van der Waals surface area contributed by atoms with Crippen molar-refractivity contribution in [2.24, 2.45) is 0 Å². The molecule has 7 heteroatoms. The first-order chi connectivity index (χ1) is 15.0. The summed E-state index contributed by atoms with van der Waals surface area (Å²) < 4.78 is 21.3. The van der Waals surface area contributed by atoms with Crippen molar-refractivity contribution in [3.05, 3.63) is 60.2 Å². The third-order valence-corrected chi connectivity index (χ3v) is 4.85. The molecule has 1 amide bonds. The highest BCUT2D eigenvalue weighted by molar-refractivity contribution is 6.03. The van der Waals surface area contributed by atoms with Gasteiger partial charge in [-0.15, -0.1) is 0 Å². The van der Waals surface area contributed by atoms with E-state index >= 15 is 0 Å². The molecule has 0 aromatic heterocycles. The number of anilines is 1. The molecule has 0 bridgehead atoms. The van der Waals surface area contributed by atoms with Crippen LogP contribution in [0.1, 0.15) is 23.7 Å². The fourth-order valence-electron chi connectivity index (χ4n) is 3.20. The third kappa shape index (κ3) is 4.88. The Bertz CT molecular complexity index is 1090. The minimum absolute atomic E-state index is 0.147. The molecule has 0 aliphatic heterocycles. The van der Waals surface area contributed by atoms with Crippen LogP contribution in [-0.2, 0) is 9.53 Å². The lowest BCUT2D eigenvalue weighted by Gasteiger charge is -2.19. The van der Waals surface area contributed by atoms with Gasteiger partial charge in [-0.1, -0.05) is 37.3 Å². The summed E-state index contributed by atoms with van der Waals surface area (Å²) in [6, 6.07) is 16.5. The Morgan fingerprint density at radius 1 is 0.903 bits per heavy atom. The van der Waals surface area contributed by atoms with Crippen molar-refractivity contribution in [2.75, 3.05) is 26.6 Å². The van der Waals surface area contributed by atoms with Gasteiger partial charge in [0.25, 0.3) is 5.91 Å². The van der Waals surface area contributed by atoms with Crippen LogP contribution in [0.2, 0.25) is 0 Å². The van der Waals surface area contributed by atoms with E-state index in [4.69, 9.17) is 18.9 Å². The second kappa shape index (κ2) is 9.84. The second-order valence-corrected chi connectivity index (χ2v) is 6.76. The van der Waals surface area contributed by atoms with Crippen LogP contribution in [0.15, 0.2) is 54.6 Å². The van der Waals surface area contributed by atoms with Gasteiger partial charge in [-0.3, -0.25) is 4.79 Å². The first-order valence-electron chi connectivity index (χ1n) is 9.81. The number of methoxy groups -OCH3 is 3. The number of rotatable bonds is 8. The number of benzene rings is 3. The number of carbonyl (C=O) groups excluding carboxylic acids is 2. The third-order valence-electron chi connectivity index (χ3n) is 4.85. The van der Waals surface area contributed by atoms with Gasteiger partial charge in [0.1, 0.15) is 5.75 Å². The standard InChI is InChI=1S/C24H25NO6/c1-5-20(31-17-11-10-15-8-6-7-9-16(15)12-17)23(26)25-19-14-22(29-3)21(28-2)13-18(19)24(27)30-4/h6-14,20H,5H2,1-4H3,(H,25,26). The van der Waals surface area contributed by atoms with Crippen LogP contribution < -0.4 is 19.5 Å². The van der Waals surface area contributed by atoms with Crippen molar-refractivity contribution in [3.63, 3.8) is 0 Å². The fraction of sp³-hybridized carbons (Fsp3) is 0.250. The maximum Gasteiger partial charge on any atom is 0.340 e. The lowest BCUT2D eigenvalue weighted by atomic mass is 10.1. The number of hydrogen-bond donors (Lipinski definition) is 1. The monoisotopic (exact) mass is 423 g/mol. The van der Waals surface area contributed by atoms with Gasteiger partial charge in [0.2, 0.25) is 0 Å². The van der Waals surface area contributed by atoms with Crippen LogP contribution in [0, 0.1) is 0 Å². The molecule has 3 rings (SSSR count). The van der Waals surface area contributed by atoms with Crippen molar-refractivity contribution in [3.8, 4) is 17.2 Å². The lowest BCUT2D eigenvalue weighted by Crippen LogP contribution is -2.33. The van der Waals surface area contributed by atoms with Crippen LogP contribution in [-0.4, -0.2) is 39.3 Å². The quantitative estimate of drug-likeness (QED) is 0.540. The summed E-state index contributed by atoms with van der Waals surface area (Å²) in [7, 11) is 4.20. The Kier molecular flexibility index (Phi) is 6.97. The number of amides is 1. The van der Waals surface area contributed by atoms with Gasteiger partial charge in [-0.05, 0) is 29.3 Å². The molecule has 7 nitrogen and oxygen atoms in total. The zero-order valence-corrected chi connectivity index (χ0v) is 17.9. The molecule has 1 unspecified atom stereocenters. The predicted molar refractivity (Wildman–Crippen MR) is 118 cm³/mol. The molecule has 0 saturated carbocycles. The van der Waals surface area contributed by atoms with E-state index in [1.807, 2.05) is 49.4 Å². The Morgan fingerprint density at radius 3 is 2.23 bits per heavy atom. The number of fused-ring (bicyclic) bond motifs is 1.